The molecule has 1 aliphatic rings. The third kappa shape index (κ3) is 1.06. The van der Waals surface area contributed by atoms with Gasteiger partial charge in [0.25, 0.3) is 0 Å². The topological polar surface area (TPSA) is 70.2 Å². The molecule has 1 aliphatic carbocycles. The quantitative estimate of drug-likeness (QED) is 0.684. The standard InChI is InChI=1S/C9H9NO3/c1-4-2-7(11)5-3-6(9(12)13)10-8(4)5/h3-4,10H,2H2,1H3,(H,12,13). The number of rotatable bonds is 1. The van der Waals surface area contributed by atoms with Gasteiger partial charge in [-0.25, -0.2) is 4.79 Å². The molecule has 1 unspecified atom stereocenters. The SMILES string of the molecule is CC1CC(=O)c2cc(C(=O)O)[nH]c21. The maximum atomic E-state index is 11.3. The Labute approximate surface area is 74.6 Å². The van der Waals surface area contributed by atoms with Gasteiger partial charge in [0.05, 0.1) is 0 Å². The number of aromatic nitrogens is 1. The van der Waals surface area contributed by atoms with Crippen LogP contribution in [-0.4, -0.2) is 21.8 Å². The summed E-state index contributed by atoms with van der Waals surface area (Å²) in [5.74, 6) is -0.865. The third-order valence-corrected chi connectivity index (χ3v) is 2.36. The predicted molar refractivity (Wildman–Crippen MR) is 45.1 cm³/mol. The van der Waals surface area contributed by atoms with E-state index in [9.17, 15) is 9.59 Å². The molecule has 0 bridgehead atoms. The minimum Gasteiger partial charge on any atom is -0.477 e. The van der Waals surface area contributed by atoms with Gasteiger partial charge in [-0.15, -0.1) is 0 Å². The van der Waals surface area contributed by atoms with Crippen LogP contribution in [0.5, 0.6) is 0 Å². The first-order valence-electron chi connectivity index (χ1n) is 4.09. The van der Waals surface area contributed by atoms with Crippen molar-refractivity contribution in [3.8, 4) is 0 Å². The van der Waals surface area contributed by atoms with E-state index in [1.54, 1.807) is 0 Å². The highest BCUT2D eigenvalue weighted by molar-refractivity contribution is 6.03. The number of ketones is 1. The van der Waals surface area contributed by atoms with Gasteiger partial charge in [0.15, 0.2) is 5.78 Å². The van der Waals surface area contributed by atoms with E-state index in [1.807, 2.05) is 6.92 Å². The largest absolute Gasteiger partial charge is 0.477 e. The normalized spacial score (nSPS) is 20.4. The fourth-order valence-corrected chi connectivity index (χ4v) is 1.70. The summed E-state index contributed by atoms with van der Waals surface area (Å²) in [5, 5.41) is 8.67. The average molecular weight is 179 g/mol. The van der Waals surface area contributed by atoms with Crippen molar-refractivity contribution >= 4 is 11.8 Å². The van der Waals surface area contributed by atoms with Crippen LogP contribution < -0.4 is 0 Å². The van der Waals surface area contributed by atoms with Gasteiger partial charge in [-0.1, -0.05) is 6.92 Å². The van der Waals surface area contributed by atoms with Crippen molar-refractivity contribution < 1.29 is 14.7 Å². The second kappa shape index (κ2) is 2.45. The van der Waals surface area contributed by atoms with Gasteiger partial charge in [-0.3, -0.25) is 4.79 Å². The molecule has 1 aromatic rings. The number of H-pyrrole nitrogens is 1. The average Bonchev–Trinajstić information content (AvgIpc) is 2.55. The lowest BCUT2D eigenvalue weighted by atomic mass is 10.1. The predicted octanol–water partition coefficient (Wildman–Crippen LogP) is 1.40. The molecule has 13 heavy (non-hydrogen) atoms. The van der Waals surface area contributed by atoms with Gasteiger partial charge in [-0.05, 0) is 6.07 Å². The molecule has 4 nitrogen and oxygen atoms in total. The molecule has 4 heteroatoms. The Bertz CT molecular complexity index is 392. The molecular weight excluding hydrogens is 170 g/mol. The molecule has 0 spiro atoms. The van der Waals surface area contributed by atoms with Crippen molar-refractivity contribution in [3.05, 3.63) is 23.0 Å². The molecule has 68 valence electrons. The van der Waals surface area contributed by atoms with Crippen molar-refractivity contribution in [2.24, 2.45) is 0 Å². The van der Waals surface area contributed by atoms with E-state index in [4.69, 9.17) is 5.11 Å². The van der Waals surface area contributed by atoms with Gasteiger partial charge in [0.2, 0.25) is 0 Å². The summed E-state index contributed by atoms with van der Waals surface area (Å²) in [6.07, 6.45) is 0.487. The Balaban J connectivity index is 2.52. The highest BCUT2D eigenvalue weighted by Gasteiger charge is 2.29. The Morgan fingerprint density at radius 1 is 1.69 bits per heavy atom. The maximum Gasteiger partial charge on any atom is 0.352 e. The molecular formula is C9H9NO3. The molecule has 1 atom stereocenters. The van der Waals surface area contributed by atoms with Crippen molar-refractivity contribution in [1.29, 1.82) is 0 Å². The van der Waals surface area contributed by atoms with E-state index in [1.165, 1.54) is 6.07 Å². The zero-order valence-corrected chi connectivity index (χ0v) is 7.13. The molecule has 0 radical (unpaired) electrons. The number of carbonyl (C=O) groups is 2. The number of fused-ring (bicyclic) bond motifs is 1. The summed E-state index contributed by atoms with van der Waals surface area (Å²) >= 11 is 0. The number of hydrogen-bond acceptors (Lipinski definition) is 2. The minimum atomic E-state index is -1.02. The Morgan fingerprint density at radius 3 is 2.92 bits per heavy atom. The summed E-state index contributed by atoms with van der Waals surface area (Å²) in [6.45, 7) is 1.91. The Kier molecular flexibility index (Phi) is 1.52. The van der Waals surface area contributed by atoms with Crippen molar-refractivity contribution in [2.45, 2.75) is 19.3 Å². The lowest BCUT2D eigenvalue weighted by molar-refractivity contribution is 0.0691. The summed E-state index contributed by atoms with van der Waals surface area (Å²) in [6, 6.07) is 1.42. The highest BCUT2D eigenvalue weighted by Crippen LogP contribution is 2.32. The van der Waals surface area contributed by atoms with Crippen molar-refractivity contribution in [3.63, 3.8) is 0 Å². The first kappa shape index (κ1) is 8.04. The van der Waals surface area contributed by atoms with Crippen LogP contribution in [0, 0.1) is 0 Å². The maximum absolute atomic E-state index is 11.3. The number of hydrogen-bond donors (Lipinski definition) is 2. The highest BCUT2D eigenvalue weighted by atomic mass is 16.4. The molecule has 0 amide bonds. The van der Waals surface area contributed by atoms with Gasteiger partial charge >= 0.3 is 5.97 Å². The molecule has 2 rings (SSSR count). The number of aromatic carboxylic acids is 1. The summed E-state index contributed by atoms with van der Waals surface area (Å²) in [7, 11) is 0. The molecule has 1 heterocycles. The van der Waals surface area contributed by atoms with Gasteiger partial charge in [0, 0.05) is 23.6 Å². The number of carboxylic acid groups (broad SMARTS) is 1. The van der Waals surface area contributed by atoms with Crippen LogP contribution in [-0.2, 0) is 0 Å². The summed E-state index contributed by atoms with van der Waals surface area (Å²) in [4.78, 5) is 24.6. The number of Topliss-reactive ketones (excluding diaryl/α,β-unsaturated/α-hetero) is 1. The van der Waals surface area contributed by atoms with Crippen LogP contribution in [0.2, 0.25) is 0 Å². The van der Waals surface area contributed by atoms with Crippen LogP contribution in [0.25, 0.3) is 0 Å². The van der Waals surface area contributed by atoms with Crippen LogP contribution in [0.1, 0.15) is 45.8 Å². The Morgan fingerprint density at radius 2 is 2.38 bits per heavy atom. The lowest BCUT2D eigenvalue weighted by Crippen LogP contribution is -1.99. The van der Waals surface area contributed by atoms with E-state index < -0.39 is 5.97 Å². The molecule has 0 saturated heterocycles. The van der Waals surface area contributed by atoms with E-state index in [0.717, 1.165) is 5.69 Å². The molecule has 0 fully saturated rings. The number of carboxylic acids is 1. The Hall–Kier alpha value is -1.58. The fraction of sp³-hybridized carbons (Fsp3) is 0.333. The van der Waals surface area contributed by atoms with E-state index in [0.29, 0.717) is 12.0 Å². The lowest BCUT2D eigenvalue weighted by Gasteiger charge is -1.97. The monoisotopic (exact) mass is 179 g/mol. The van der Waals surface area contributed by atoms with E-state index in [-0.39, 0.29) is 17.4 Å². The number of carbonyl (C=O) groups excluding carboxylic acids is 1. The van der Waals surface area contributed by atoms with E-state index >= 15 is 0 Å². The van der Waals surface area contributed by atoms with Crippen molar-refractivity contribution in [1.82, 2.24) is 4.98 Å². The third-order valence-electron chi connectivity index (χ3n) is 2.36. The molecule has 0 aromatic carbocycles. The first-order valence-corrected chi connectivity index (χ1v) is 4.09. The van der Waals surface area contributed by atoms with Gasteiger partial charge in [-0.2, -0.15) is 0 Å². The summed E-state index contributed by atoms with van der Waals surface area (Å²) < 4.78 is 0. The zero-order valence-electron chi connectivity index (χ0n) is 7.13. The molecule has 0 aliphatic heterocycles. The van der Waals surface area contributed by atoms with Crippen LogP contribution in [0.4, 0.5) is 0 Å². The second-order valence-electron chi connectivity index (χ2n) is 3.34. The molecule has 1 aromatic heterocycles. The molecule has 2 N–H and O–H groups in total. The smallest absolute Gasteiger partial charge is 0.352 e. The number of aromatic amines is 1. The van der Waals surface area contributed by atoms with Gasteiger partial charge < -0.3 is 10.1 Å². The fourth-order valence-electron chi connectivity index (χ4n) is 1.70. The molecule has 0 saturated carbocycles. The van der Waals surface area contributed by atoms with Crippen molar-refractivity contribution in [2.75, 3.05) is 0 Å². The number of nitrogens with one attached hydrogen (secondary N) is 1. The zero-order chi connectivity index (χ0) is 9.59. The van der Waals surface area contributed by atoms with Gasteiger partial charge in [0.1, 0.15) is 5.69 Å². The van der Waals surface area contributed by atoms with E-state index in [2.05, 4.69) is 4.98 Å². The van der Waals surface area contributed by atoms with Crippen LogP contribution >= 0.6 is 0 Å². The first-order chi connectivity index (χ1) is 6.09. The van der Waals surface area contributed by atoms with Crippen LogP contribution in [0.15, 0.2) is 6.07 Å². The van der Waals surface area contributed by atoms with Crippen LogP contribution in [0.3, 0.4) is 0 Å². The minimum absolute atomic E-state index is 0.0336. The summed E-state index contributed by atoms with van der Waals surface area (Å²) in [5.41, 5.74) is 1.41. The second-order valence-corrected chi connectivity index (χ2v) is 3.34.